The fourth-order valence-corrected chi connectivity index (χ4v) is 2.72. The summed E-state index contributed by atoms with van der Waals surface area (Å²) in [6.45, 7) is 4.87. The summed E-state index contributed by atoms with van der Waals surface area (Å²) in [5.74, 6) is 0. The highest BCUT2D eigenvalue weighted by Crippen LogP contribution is 2.34. The van der Waals surface area contributed by atoms with Gasteiger partial charge in [-0.3, -0.25) is 0 Å². The molecule has 2 N–H and O–H groups in total. The Bertz CT molecular complexity index is 405. The van der Waals surface area contributed by atoms with E-state index in [1.165, 1.54) is 0 Å². The predicted octanol–water partition coefficient (Wildman–Crippen LogP) is 3.07. The van der Waals surface area contributed by atoms with Crippen molar-refractivity contribution in [2.45, 2.75) is 37.8 Å². The van der Waals surface area contributed by atoms with Crippen LogP contribution in [0.5, 0.6) is 0 Å². The molecule has 1 fully saturated rings. The number of benzene rings is 1. The maximum atomic E-state index is 9.75. The second-order valence-electron chi connectivity index (χ2n) is 5.61. The molecule has 18 heavy (non-hydrogen) atoms. The van der Waals surface area contributed by atoms with Crippen LogP contribution < -0.4 is 5.32 Å². The van der Waals surface area contributed by atoms with Crippen molar-refractivity contribution in [1.82, 2.24) is 0 Å². The summed E-state index contributed by atoms with van der Waals surface area (Å²) in [4.78, 5) is 0. The summed E-state index contributed by atoms with van der Waals surface area (Å²) in [5.41, 5.74) is 0.460. The molecule has 1 aliphatic heterocycles. The zero-order valence-electron chi connectivity index (χ0n) is 10.9. The highest BCUT2D eigenvalue weighted by molar-refractivity contribution is 6.30. The minimum absolute atomic E-state index is 0.0996. The van der Waals surface area contributed by atoms with Crippen molar-refractivity contribution < 1.29 is 9.84 Å². The molecule has 0 spiro atoms. The lowest BCUT2D eigenvalue weighted by Crippen LogP contribution is -2.53. The number of halogens is 1. The molecule has 0 amide bonds. The van der Waals surface area contributed by atoms with Crippen LogP contribution in [0.3, 0.4) is 0 Å². The van der Waals surface area contributed by atoms with Crippen molar-refractivity contribution in [3.63, 3.8) is 0 Å². The van der Waals surface area contributed by atoms with E-state index in [1.807, 2.05) is 24.3 Å². The van der Waals surface area contributed by atoms with Gasteiger partial charge in [0.25, 0.3) is 0 Å². The van der Waals surface area contributed by atoms with E-state index in [0.717, 1.165) is 18.5 Å². The minimum atomic E-state index is -0.310. The molecule has 1 atom stereocenters. The van der Waals surface area contributed by atoms with E-state index in [0.29, 0.717) is 11.6 Å². The fraction of sp³-hybridized carbons (Fsp3) is 0.571. The number of ether oxygens (including phenoxy) is 1. The molecule has 0 radical (unpaired) electrons. The molecule has 1 unspecified atom stereocenters. The van der Waals surface area contributed by atoms with E-state index >= 15 is 0 Å². The highest BCUT2D eigenvalue weighted by atomic mass is 35.5. The van der Waals surface area contributed by atoms with Gasteiger partial charge in [-0.25, -0.2) is 0 Å². The SMILES string of the molecule is CC1(C)CC(CO)(Nc2ccc(Cl)cc2)CCO1. The van der Waals surface area contributed by atoms with Crippen LogP contribution >= 0.6 is 11.6 Å². The van der Waals surface area contributed by atoms with Gasteiger partial charge in [-0.1, -0.05) is 11.6 Å². The Kier molecular flexibility index (Phi) is 3.85. The van der Waals surface area contributed by atoms with Crippen LogP contribution in [0.1, 0.15) is 26.7 Å². The molecule has 0 saturated carbocycles. The maximum Gasteiger partial charge on any atom is 0.0663 e. The molecule has 1 saturated heterocycles. The Hall–Kier alpha value is -0.770. The second-order valence-corrected chi connectivity index (χ2v) is 6.04. The minimum Gasteiger partial charge on any atom is -0.394 e. The quantitative estimate of drug-likeness (QED) is 0.886. The molecular weight excluding hydrogens is 250 g/mol. The molecule has 100 valence electrons. The van der Waals surface area contributed by atoms with Gasteiger partial charge in [-0.2, -0.15) is 0 Å². The number of hydrogen-bond donors (Lipinski definition) is 2. The third-order valence-electron chi connectivity index (χ3n) is 3.39. The van der Waals surface area contributed by atoms with Crippen LogP contribution in [0.4, 0.5) is 5.69 Å². The molecule has 0 aromatic heterocycles. The topological polar surface area (TPSA) is 41.5 Å². The van der Waals surface area contributed by atoms with Crippen LogP contribution in [0.15, 0.2) is 24.3 Å². The lowest BCUT2D eigenvalue weighted by Gasteiger charge is -2.44. The summed E-state index contributed by atoms with van der Waals surface area (Å²) in [7, 11) is 0. The first kappa shape index (κ1) is 13.7. The molecule has 0 bridgehead atoms. The summed E-state index contributed by atoms with van der Waals surface area (Å²) in [5, 5.41) is 13.9. The Labute approximate surface area is 113 Å². The summed E-state index contributed by atoms with van der Waals surface area (Å²) in [6, 6.07) is 7.56. The number of hydrogen-bond acceptors (Lipinski definition) is 3. The van der Waals surface area contributed by atoms with Gasteiger partial charge in [0, 0.05) is 23.7 Å². The van der Waals surface area contributed by atoms with Crippen LogP contribution in [0.2, 0.25) is 5.02 Å². The van der Waals surface area contributed by atoms with Crippen molar-refractivity contribution in [3.05, 3.63) is 29.3 Å². The zero-order chi connectivity index (χ0) is 13.2. The first-order valence-electron chi connectivity index (χ1n) is 6.23. The van der Waals surface area contributed by atoms with Crippen LogP contribution in [0, 0.1) is 0 Å². The lowest BCUT2D eigenvalue weighted by atomic mass is 9.81. The van der Waals surface area contributed by atoms with Crippen LogP contribution in [-0.4, -0.2) is 29.5 Å². The average molecular weight is 270 g/mol. The molecule has 4 heteroatoms. The largest absolute Gasteiger partial charge is 0.394 e. The Morgan fingerprint density at radius 1 is 1.33 bits per heavy atom. The van der Waals surface area contributed by atoms with Crippen LogP contribution in [-0.2, 0) is 4.74 Å². The first-order valence-corrected chi connectivity index (χ1v) is 6.61. The lowest BCUT2D eigenvalue weighted by molar-refractivity contribution is -0.0838. The van der Waals surface area contributed by atoms with Crippen molar-refractivity contribution in [1.29, 1.82) is 0 Å². The number of aliphatic hydroxyl groups is 1. The van der Waals surface area contributed by atoms with Gasteiger partial charge in [0.1, 0.15) is 0 Å². The third-order valence-corrected chi connectivity index (χ3v) is 3.65. The standard InChI is InChI=1S/C14H20ClNO2/c1-13(2)9-14(10-17,7-8-18-13)16-12-5-3-11(15)4-6-12/h3-6,16-17H,7-10H2,1-2H3. The van der Waals surface area contributed by atoms with Gasteiger partial charge in [-0.15, -0.1) is 0 Å². The van der Waals surface area contributed by atoms with Gasteiger partial charge in [0.15, 0.2) is 0 Å². The maximum absolute atomic E-state index is 9.75. The highest BCUT2D eigenvalue weighted by Gasteiger charge is 2.40. The summed E-state index contributed by atoms with van der Waals surface area (Å²) < 4.78 is 5.71. The van der Waals surface area contributed by atoms with Crippen LogP contribution in [0.25, 0.3) is 0 Å². The van der Waals surface area contributed by atoms with Gasteiger partial charge in [-0.05, 0) is 44.5 Å². The van der Waals surface area contributed by atoms with Gasteiger partial charge >= 0.3 is 0 Å². The van der Waals surface area contributed by atoms with E-state index in [4.69, 9.17) is 16.3 Å². The zero-order valence-corrected chi connectivity index (χ0v) is 11.6. The van der Waals surface area contributed by atoms with E-state index in [9.17, 15) is 5.11 Å². The molecule has 1 heterocycles. The Morgan fingerprint density at radius 3 is 2.56 bits per heavy atom. The number of anilines is 1. The smallest absolute Gasteiger partial charge is 0.0663 e. The van der Waals surface area contributed by atoms with E-state index in [1.54, 1.807) is 0 Å². The molecular formula is C14H20ClNO2. The molecule has 0 aliphatic carbocycles. The molecule has 2 rings (SSSR count). The third kappa shape index (κ3) is 3.16. The number of rotatable bonds is 3. The van der Waals surface area contributed by atoms with Crippen molar-refractivity contribution in [2.75, 3.05) is 18.5 Å². The Morgan fingerprint density at radius 2 is 2.00 bits per heavy atom. The molecule has 3 nitrogen and oxygen atoms in total. The summed E-state index contributed by atoms with van der Waals surface area (Å²) in [6.07, 6.45) is 1.58. The first-order chi connectivity index (χ1) is 8.45. The Balaban J connectivity index is 2.15. The van der Waals surface area contributed by atoms with Crippen molar-refractivity contribution in [3.8, 4) is 0 Å². The normalized spacial score (nSPS) is 26.9. The van der Waals surface area contributed by atoms with E-state index in [-0.39, 0.29) is 17.7 Å². The molecule has 1 aromatic rings. The van der Waals surface area contributed by atoms with Crippen molar-refractivity contribution in [2.24, 2.45) is 0 Å². The fourth-order valence-electron chi connectivity index (χ4n) is 2.60. The summed E-state index contributed by atoms with van der Waals surface area (Å²) >= 11 is 5.87. The average Bonchev–Trinajstić information content (AvgIpc) is 2.31. The van der Waals surface area contributed by atoms with Gasteiger partial charge in [0.05, 0.1) is 17.7 Å². The number of aliphatic hydroxyl groups excluding tert-OH is 1. The predicted molar refractivity (Wildman–Crippen MR) is 74.2 cm³/mol. The van der Waals surface area contributed by atoms with Gasteiger partial charge < -0.3 is 15.2 Å². The van der Waals surface area contributed by atoms with E-state index < -0.39 is 0 Å². The number of nitrogens with one attached hydrogen (secondary N) is 1. The van der Waals surface area contributed by atoms with Crippen molar-refractivity contribution >= 4 is 17.3 Å². The monoisotopic (exact) mass is 269 g/mol. The molecule has 1 aromatic carbocycles. The van der Waals surface area contributed by atoms with E-state index in [2.05, 4.69) is 19.2 Å². The van der Waals surface area contributed by atoms with Gasteiger partial charge in [0.2, 0.25) is 0 Å². The second kappa shape index (κ2) is 5.08. The molecule has 1 aliphatic rings.